The molecule has 0 radical (unpaired) electrons. The highest BCUT2D eigenvalue weighted by Gasteiger charge is 2.13. The van der Waals surface area contributed by atoms with E-state index in [0.29, 0.717) is 13.0 Å². The maximum Gasteiger partial charge on any atom is 0.315 e. The number of rotatable bonds is 4. The first-order valence-electron chi connectivity index (χ1n) is 5.56. The van der Waals surface area contributed by atoms with E-state index in [1.807, 2.05) is 34.6 Å². The van der Waals surface area contributed by atoms with Gasteiger partial charge >= 0.3 is 6.03 Å². The van der Waals surface area contributed by atoms with Gasteiger partial charge in [0.05, 0.1) is 0 Å². The van der Waals surface area contributed by atoms with Crippen LogP contribution in [0.4, 0.5) is 4.79 Å². The van der Waals surface area contributed by atoms with Crippen molar-refractivity contribution in [2.75, 3.05) is 6.54 Å². The van der Waals surface area contributed by atoms with E-state index in [9.17, 15) is 9.59 Å². The molecule has 0 heterocycles. The molecule has 3 N–H and O–H groups in total. The van der Waals surface area contributed by atoms with Crippen LogP contribution < -0.4 is 16.0 Å². The fourth-order valence-corrected chi connectivity index (χ4v) is 1.08. The lowest BCUT2D eigenvalue weighted by atomic mass is 10.1. The third-order valence-corrected chi connectivity index (χ3v) is 1.57. The Bertz CT molecular complexity index is 244. The van der Waals surface area contributed by atoms with Gasteiger partial charge in [0.25, 0.3) is 0 Å². The largest absolute Gasteiger partial charge is 0.351 e. The van der Waals surface area contributed by atoms with Gasteiger partial charge < -0.3 is 16.0 Å². The van der Waals surface area contributed by atoms with Gasteiger partial charge in [0.2, 0.25) is 5.91 Å². The van der Waals surface area contributed by atoms with Crippen molar-refractivity contribution in [3.05, 3.63) is 0 Å². The molecule has 0 aliphatic heterocycles. The second kappa shape index (κ2) is 6.35. The smallest absolute Gasteiger partial charge is 0.315 e. The van der Waals surface area contributed by atoms with E-state index < -0.39 is 0 Å². The lowest BCUT2D eigenvalue weighted by molar-refractivity contribution is -0.122. The van der Waals surface area contributed by atoms with E-state index in [4.69, 9.17) is 0 Å². The molecule has 0 fully saturated rings. The summed E-state index contributed by atoms with van der Waals surface area (Å²) in [5.74, 6) is -0.0580. The van der Waals surface area contributed by atoms with E-state index in [0.717, 1.165) is 0 Å². The lowest BCUT2D eigenvalue weighted by Crippen LogP contribution is -2.44. The second-order valence-electron chi connectivity index (χ2n) is 5.10. The summed E-state index contributed by atoms with van der Waals surface area (Å²) in [6, 6.07) is -0.137. The third kappa shape index (κ3) is 9.30. The summed E-state index contributed by atoms with van der Waals surface area (Å²) in [5, 5.41) is 8.13. The number of nitrogens with one attached hydrogen (secondary N) is 3. The van der Waals surface area contributed by atoms with E-state index in [-0.39, 0.29) is 23.5 Å². The summed E-state index contributed by atoms with van der Waals surface area (Å²) in [6.45, 7) is 9.87. The topological polar surface area (TPSA) is 70.2 Å². The normalized spacial score (nSPS) is 11.1. The monoisotopic (exact) mass is 229 g/mol. The van der Waals surface area contributed by atoms with Crippen molar-refractivity contribution >= 4 is 11.9 Å². The van der Waals surface area contributed by atoms with Crippen LogP contribution in [0.25, 0.3) is 0 Å². The first kappa shape index (κ1) is 14.7. The van der Waals surface area contributed by atoms with Gasteiger partial charge in [0.1, 0.15) is 0 Å². The number of hydrogen-bond acceptors (Lipinski definition) is 2. The fraction of sp³-hybridized carbons (Fsp3) is 0.818. The van der Waals surface area contributed by atoms with E-state index in [1.165, 1.54) is 0 Å². The quantitative estimate of drug-likeness (QED) is 0.673. The van der Waals surface area contributed by atoms with Crippen LogP contribution in [0, 0.1) is 0 Å². The van der Waals surface area contributed by atoms with Gasteiger partial charge in [0, 0.05) is 24.5 Å². The maximum absolute atomic E-state index is 11.4. The van der Waals surface area contributed by atoms with Crippen molar-refractivity contribution in [1.82, 2.24) is 16.0 Å². The van der Waals surface area contributed by atoms with E-state index in [2.05, 4.69) is 16.0 Å². The Kier molecular flexibility index (Phi) is 5.85. The van der Waals surface area contributed by atoms with Gasteiger partial charge in [-0.1, -0.05) is 0 Å². The minimum absolute atomic E-state index is 0.0580. The average molecular weight is 229 g/mol. The zero-order chi connectivity index (χ0) is 12.8. The summed E-state index contributed by atoms with van der Waals surface area (Å²) in [5.41, 5.74) is -0.225. The molecule has 5 nitrogen and oxygen atoms in total. The number of carbonyl (C=O) groups excluding carboxylic acids is 2. The zero-order valence-electron chi connectivity index (χ0n) is 10.8. The van der Waals surface area contributed by atoms with Crippen LogP contribution >= 0.6 is 0 Å². The van der Waals surface area contributed by atoms with Gasteiger partial charge in [-0.05, 0) is 34.6 Å². The van der Waals surface area contributed by atoms with Gasteiger partial charge in [-0.3, -0.25) is 4.79 Å². The van der Waals surface area contributed by atoms with Crippen LogP contribution in [-0.2, 0) is 4.79 Å². The van der Waals surface area contributed by atoms with Crippen molar-refractivity contribution in [2.24, 2.45) is 0 Å². The molecule has 0 aromatic rings. The van der Waals surface area contributed by atoms with Gasteiger partial charge in [-0.15, -0.1) is 0 Å². The van der Waals surface area contributed by atoms with E-state index >= 15 is 0 Å². The van der Waals surface area contributed by atoms with Crippen LogP contribution in [0.1, 0.15) is 41.0 Å². The number of hydrogen-bond donors (Lipinski definition) is 3. The highest BCUT2D eigenvalue weighted by atomic mass is 16.2. The molecule has 5 heteroatoms. The molecule has 0 aromatic heterocycles. The SMILES string of the molecule is CC(C)NC(=O)NCCC(=O)NC(C)(C)C. The van der Waals surface area contributed by atoms with E-state index in [1.54, 1.807) is 0 Å². The Morgan fingerprint density at radius 1 is 1.19 bits per heavy atom. The second-order valence-corrected chi connectivity index (χ2v) is 5.10. The Morgan fingerprint density at radius 2 is 1.75 bits per heavy atom. The molecular formula is C11H23N3O2. The molecule has 94 valence electrons. The fourth-order valence-electron chi connectivity index (χ4n) is 1.08. The molecular weight excluding hydrogens is 206 g/mol. The van der Waals surface area contributed by atoms with Crippen LogP contribution in [0.5, 0.6) is 0 Å². The van der Waals surface area contributed by atoms with Crippen molar-refractivity contribution in [1.29, 1.82) is 0 Å². The highest BCUT2D eigenvalue weighted by molar-refractivity contribution is 5.78. The van der Waals surface area contributed by atoms with Crippen molar-refractivity contribution in [3.8, 4) is 0 Å². The van der Waals surface area contributed by atoms with Crippen molar-refractivity contribution < 1.29 is 9.59 Å². The summed E-state index contributed by atoms with van der Waals surface area (Å²) < 4.78 is 0. The predicted molar refractivity (Wildman–Crippen MR) is 64.2 cm³/mol. The van der Waals surface area contributed by atoms with Gasteiger partial charge in [-0.2, -0.15) is 0 Å². The zero-order valence-corrected chi connectivity index (χ0v) is 10.8. The minimum atomic E-state index is -0.237. The molecule has 0 aromatic carbocycles. The van der Waals surface area contributed by atoms with Crippen LogP contribution in [0.15, 0.2) is 0 Å². The molecule has 0 spiro atoms. The summed E-state index contributed by atoms with van der Waals surface area (Å²) >= 11 is 0. The molecule has 0 atom stereocenters. The summed E-state index contributed by atoms with van der Waals surface area (Å²) in [4.78, 5) is 22.5. The summed E-state index contributed by atoms with van der Waals surface area (Å²) in [7, 11) is 0. The molecule has 0 aliphatic carbocycles. The molecule has 0 bridgehead atoms. The number of urea groups is 1. The molecule has 3 amide bonds. The van der Waals surface area contributed by atoms with Crippen molar-refractivity contribution in [3.63, 3.8) is 0 Å². The average Bonchev–Trinajstić information content (AvgIpc) is 1.98. The Labute approximate surface area is 97.4 Å². The first-order chi connectivity index (χ1) is 7.20. The number of carbonyl (C=O) groups is 2. The predicted octanol–water partition coefficient (Wildman–Crippen LogP) is 0.999. The van der Waals surface area contributed by atoms with Crippen LogP contribution in [0.2, 0.25) is 0 Å². The lowest BCUT2D eigenvalue weighted by Gasteiger charge is -2.20. The van der Waals surface area contributed by atoms with Gasteiger partial charge in [-0.25, -0.2) is 4.79 Å². The third-order valence-electron chi connectivity index (χ3n) is 1.57. The summed E-state index contributed by atoms with van der Waals surface area (Å²) in [6.07, 6.45) is 0.294. The molecule has 0 aliphatic rings. The minimum Gasteiger partial charge on any atom is -0.351 e. The standard InChI is InChI=1S/C11H23N3O2/c1-8(2)13-10(16)12-7-6-9(15)14-11(3,4)5/h8H,6-7H2,1-5H3,(H,14,15)(H2,12,13,16). The highest BCUT2D eigenvalue weighted by Crippen LogP contribution is 1.98. The van der Waals surface area contributed by atoms with Crippen molar-refractivity contribution in [2.45, 2.75) is 52.6 Å². The van der Waals surface area contributed by atoms with Crippen LogP contribution in [-0.4, -0.2) is 30.1 Å². The molecule has 16 heavy (non-hydrogen) atoms. The molecule has 0 saturated carbocycles. The Morgan fingerprint density at radius 3 is 2.19 bits per heavy atom. The first-order valence-corrected chi connectivity index (χ1v) is 5.56. The van der Waals surface area contributed by atoms with Gasteiger partial charge in [0.15, 0.2) is 0 Å². The molecule has 0 unspecified atom stereocenters. The maximum atomic E-state index is 11.4. The molecule has 0 rings (SSSR count). The molecule has 0 saturated heterocycles. The Balaban J connectivity index is 3.66. The number of amides is 3. The Hall–Kier alpha value is -1.26. The van der Waals surface area contributed by atoms with Crippen LogP contribution in [0.3, 0.4) is 0 Å².